The van der Waals surface area contributed by atoms with Crippen LogP contribution in [0.25, 0.3) is 0 Å². The molecule has 54 valence electrons. The lowest BCUT2D eigenvalue weighted by molar-refractivity contribution is 0.497. The predicted octanol–water partition coefficient (Wildman–Crippen LogP) is -0.845. The molecule has 1 heterocycles. The van der Waals surface area contributed by atoms with Gasteiger partial charge in [-0.2, -0.15) is 17.4 Å². The average Bonchev–Trinajstić information content (AvgIpc) is 1.79. The van der Waals surface area contributed by atoms with Crippen molar-refractivity contribution in [3.05, 3.63) is 0 Å². The summed E-state index contributed by atoms with van der Waals surface area (Å²) < 4.78 is 25.3. The Labute approximate surface area is 55.0 Å². The van der Waals surface area contributed by atoms with E-state index in [4.69, 9.17) is 0 Å². The zero-order chi connectivity index (χ0) is 7.07. The Morgan fingerprint density at radius 1 is 1.67 bits per heavy atom. The number of rotatable bonds is 0. The third kappa shape index (κ3) is 1.23. The molecule has 0 saturated carbocycles. The minimum Gasteiger partial charge on any atom is -0.198 e. The van der Waals surface area contributed by atoms with E-state index in [0.29, 0.717) is 6.54 Å². The summed E-state index contributed by atoms with van der Waals surface area (Å²) in [6.45, 7) is 2.41. The van der Waals surface area contributed by atoms with Crippen molar-refractivity contribution >= 4 is 10.2 Å². The van der Waals surface area contributed by atoms with E-state index in [2.05, 4.69) is 4.72 Å². The molecule has 1 saturated heterocycles. The molecule has 0 amide bonds. The van der Waals surface area contributed by atoms with E-state index in [9.17, 15) is 8.42 Å². The first-order valence-corrected chi connectivity index (χ1v) is 4.20. The van der Waals surface area contributed by atoms with Gasteiger partial charge in [-0.3, -0.25) is 0 Å². The summed E-state index contributed by atoms with van der Waals surface area (Å²) in [5.41, 5.74) is 0. The van der Waals surface area contributed by atoms with E-state index in [1.54, 1.807) is 7.05 Å². The van der Waals surface area contributed by atoms with Crippen molar-refractivity contribution in [3.8, 4) is 0 Å². The van der Waals surface area contributed by atoms with Crippen molar-refractivity contribution in [2.45, 2.75) is 13.0 Å². The second kappa shape index (κ2) is 1.93. The van der Waals surface area contributed by atoms with Crippen molar-refractivity contribution in [2.24, 2.45) is 0 Å². The van der Waals surface area contributed by atoms with Crippen LogP contribution in [-0.4, -0.2) is 32.4 Å². The smallest absolute Gasteiger partial charge is 0.198 e. The van der Waals surface area contributed by atoms with Crippen LogP contribution in [0.4, 0.5) is 0 Å². The molecule has 0 spiro atoms. The monoisotopic (exact) mass is 150 g/mol. The third-order valence-electron chi connectivity index (χ3n) is 1.29. The topological polar surface area (TPSA) is 49.4 Å². The lowest BCUT2D eigenvalue weighted by atomic mass is 10.4. The number of nitrogens with one attached hydrogen (secondary N) is 1. The van der Waals surface area contributed by atoms with Gasteiger partial charge in [0.2, 0.25) is 0 Å². The molecule has 4 nitrogen and oxygen atoms in total. The lowest BCUT2D eigenvalue weighted by Gasteiger charge is -2.01. The number of nitrogens with zero attached hydrogens (tertiary/aromatic N) is 1. The molecule has 1 fully saturated rings. The molecule has 1 N–H and O–H groups in total. The van der Waals surface area contributed by atoms with Crippen LogP contribution in [0, 0.1) is 0 Å². The Bertz CT molecular complexity index is 199. The molecule has 9 heavy (non-hydrogen) atoms. The second-order valence-electron chi connectivity index (χ2n) is 2.30. The van der Waals surface area contributed by atoms with Crippen LogP contribution < -0.4 is 4.72 Å². The fourth-order valence-corrected chi connectivity index (χ4v) is 2.05. The normalized spacial score (nSPS) is 35.1. The maximum absolute atomic E-state index is 10.8. The standard InChI is InChI=1S/C4H10N2O2S/c1-4-3-6(2)9(7,8)5-4/h4-5H,3H2,1-2H3. The minimum absolute atomic E-state index is 0.0556. The Balaban J connectivity index is 2.83. The zero-order valence-electron chi connectivity index (χ0n) is 5.46. The largest absolute Gasteiger partial charge is 0.279 e. The average molecular weight is 150 g/mol. The van der Waals surface area contributed by atoms with E-state index >= 15 is 0 Å². The van der Waals surface area contributed by atoms with Crippen LogP contribution >= 0.6 is 0 Å². The van der Waals surface area contributed by atoms with Gasteiger partial charge in [-0.05, 0) is 6.92 Å². The van der Waals surface area contributed by atoms with Gasteiger partial charge in [0.25, 0.3) is 10.2 Å². The zero-order valence-corrected chi connectivity index (χ0v) is 6.27. The Morgan fingerprint density at radius 3 is 2.33 bits per heavy atom. The molecule has 0 radical (unpaired) electrons. The summed E-state index contributed by atoms with van der Waals surface area (Å²) in [6.07, 6.45) is 0. The molecule has 1 rings (SSSR count). The van der Waals surface area contributed by atoms with Gasteiger partial charge in [0, 0.05) is 19.6 Å². The quantitative estimate of drug-likeness (QED) is 0.489. The molecule has 0 aromatic rings. The maximum Gasteiger partial charge on any atom is 0.279 e. The molecule has 0 aliphatic carbocycles. The van der Waals surface area contributed by atoms with E-state index < -0.39 is 10.2 Å². The van der Waals surface area contributed by atoms with Gasteiger partial charge in [-0.15, -0.1) is 0 Å². The fourth-order valence-electron chi connectivity index (χ4n) is 0.865. The van der Waals surface area contributed by atoms with Gasteiger partial charge in [0.1, 0.15) is 0 Å². The van der Waals surface area contributed by atoms with Gasteiger partial charge in [0.15, 0.2) is 0 Å². The highest BCUT2D eigenvalue weighted by molar-refractivity contribution is 7.87. The highest BCUT2D eigenvalue weighted by Gasteiger charge is 2.28. The molecule has 0 aromatic carbocycles. The van der Waals surface area contributed by atoms with Crippen molar-refractivity contribution in [2.75, 3.05) is 13.6 Å². The van der Waals surface area contributed by atoms with Crippen LogP contribution in [0.15, 0.2) is 0 Å². The highest BCUT2D eigenvalue weighted by Crippen LogP contribution is 2.04. The van der Waals surface area contributed by atoms with E-state index in [1.165, 1.54) is 4.31 Å². The molecule has 0 aromatic heterocycles. The fraction of sp³-hybridized carbons (Fsp3) is 1.00. The molecule has 0 bridgehead atoms. The van der Waals surface area contributed by atoms with Crippen LogP contribution in [-0.2, 0) is 10.2 Å². The van der Waals surface area contributed by atoms with Crippen molar-refractivity contribution in [3.63, 3.8) is 0 Å². The first kappa shape index (κ1) is 6.98. The third-order valence-corrected chi connectivity index (χ3v) is 2.96. The summed E-state index contributed by atoms with van der Waals surface area (Å²) in [5.74, 6) is 0. The molecule has 5 heteroatoms. The van der Waals surface area contributed by atoms with E-state index in [-0.39, 0.29) is 6.04 Å². The summed E-state index contributed by atoms with van der Waals surface area (Å²) in [6, 6.07) is 0.0556. The number of hydrogen-bond acceptors (Lipinski definition) is 2. The SMILES string of the molecule is CC1CN(C)S(=O)(=O)N1. The second-order valence-corrected chi connectivity index (χ2v) is 4.11. The molecule has 1 aliphatic heterocycles. The van der Waals surface area contributed by atoms with Crippen molar-refractivity contribution in [1.29, 1.82) is 0 Å². The van der Waals surface area contributed by atoms with Crippen LogP contribution in [0.5, 0.6) is 0 Å². The Hall–Kier alpha value is -0.130. The van der Waals surface area contributed by atoms with Crippen molar-refractivity contribution in [1.82, 2.24) is 9.03 Å². The van der Waals surface area contributed by atoms with Gasteiger partial charge in [-0.25, -0.2) is 0 Å². The van der Waals surface area contributed by atoms with Gasteiger partial charge >= 0.3 is 0 Å². The molecule has 1 unspecified atom stereocenters. The van der Waals surface area contributed by atoms with E-state index in [0.717, 1.165) is 0 Å². The summed E-state index contributed by atoms with van der Waals surface area (Å²) in [5, 5.41) is 0. The molecule has 1 atom stereocenters. The molecular weight excluding hydrogens is 140 g/mol. The maximum atomic E-state index is 10.8. The van der Waals surface area contributed by atoms with Gasteiger partial charge in [-0.1, -0.05) is 0 Å². The van der Waals surface area contributed by atoms with Crippen LogP contribution in [0.2, 0.25) is 0 Å². The number of likely N-dealkylation sites (N-methyl/N-ethyl adjacent to an activating group) is 1. The summed E-state index contributed by atoms with van der Waals surface area (Å²) in [7, 11) is -1.53. The van der Waals surface area contributed by atoms with Crippen LogP contribution in [0.3, 0.4) is 0 Å². The van der Waals surface area contributed by atoms with Crippen molar-refractivity contribution < 1.29 is 8.42 Å². The van der Waals surface area contributed by atoms with E-state index in [1.807, 2.05) is 6.92 Å². The first-order chi connectivity index (χ1) is 4.02. The molecular formula is C4H10N2O2S. The summed E-state index contributed by atoms with van der Waals surface area (Å²) >= 11 is 0. The first-order valence-electron chi connectivity index (χ1n) is 2.76. The minimum atomic E-state index is -3.09. The highest BCUT2D eigenvalue weighted by atomic mass is 32.2. The molecule has 1 aliphatic rings. The Morgan fingerprint density at radius 2 is 2.22 bits per heavy atom. The van der Waals surface area contributed by atoms with Gasteiger partial charge in [0.05, 0.1) is 0 Å². The summed E-state index contributed by atoms with van der Waals surface area (Å²) in [4.78, 5) is 0. The predicted molar refractivity (Wildman–Crippen MR) is 34.1 cm³/mol. The number of hydrogen-bond donors (Lipinski definition) is 1. The Kier molecular flexibility index (Phi) is 1.50. The van der Waals surface area contributed by atoms with Crippen LogP contribution in [0.1, 0.15) is 6.92 Å². The lowest BCUT2D eigenvalue weighted by Crippen LogP contribution is -2.26. The van der Waals surface area contributed by atoms with Gasteiger partial charge < -0.3 is 0 Å².